The molecule has 4 aromatic rings. The van der Waals surface area contributed by atoms with Crippen LogP contribution in [0.2, 0.25) is 0 Å². The van der Waals surface area contributed by atoms with Crippen LogP contribution < -0.4 is 10.0 Å². The molecule has 0 atom stereocenters. The van der Waals surface area contributed by atoms with Crippen molar-refractivity contribution in [1.82, 2.24) is 9.29 Å². The first-order chi connectivity index (χ1) is 20.9. The molecule has 0 radical (unpaired) electrons. The zero-order chi connectivity index (χ0) is 31.6. The number of amides is 2. The maximum atomic E-state index is 12.9. The van der Waals surface area contributed by atoms with Crippen LogP contribution in [0, 0.1) is 6.92 Å². The molecule has 1 saturated carbocycles. The number of nitrogens with zero attached hydrogens (tertiary/aromatic N) is 1. The summed E-state index contributed by atoms with van der Waals surface area (Å²) in [5.74, 6) is -0.901. The fraction of sp³-hybridized carbons (Fsp3) is 0.258. The van der Waals surface area contributed by atoms with Gasteiger partial charge in [0.2, 0.25) is 0 Å². The van der Waals surface area contributed by atoms with E-state index in [2.05, 4.69) is 5.32 Å². The number of hydrogen-bond acceptors (Lipinski definition) is 6. The first kappa shape index (κ1) is 24.4. The fourth-order valence-corrected chi connectivity index (χ4v) is 6.35. The van der Waals surface area contributed by atoms with E-state index >= 15 is 0 Å². The molecule has 2 amide bonds. The summed E-state index contributed by atoms with van der Waals surface area (Å²) in [6.07, 6.45) is 5.09. The smallest absolute Gasteiger partial charge is 0.411 e. The van der Waals surface area contributed by atoms with E-state index in [4.69, 9.17) is 8.85 Å². The van der Waals surface area contributed by atoms with Crippen molar-refractivity contribution in [3.05, 3.63) is 94.7 Å². The van der Waals surface area contributed by atoms with Gasteiger partial charge >= 0.3 is 6.09 Å². The van der Waals surface area contributed by atoms with Gasteiger partial charge in [0.25, 0.3) is 15.9 Å². The Bertz CT molecular complexity index is 1860. The van der Waals surface area contributed by atoms with Gasteiger partial charge in [0.15, 0.2) is 0 Å². The Morgan fingerprint density at radius 3 is 2.59 bits per heavy atom. The third-order valence-electron chi connectivity index (χ3n) is 7.24. The highest BCUT2D eigenvalue weighted by molar-refractivity contribution is 7.90. The normalized spacial score (nSPS) is 15.1. The second kappa shape index (κ2) is 11.6. The molecule has 212 valence electrons. The van der Waals surface area contributed by atoms with E-state index in [-0.39, 0.29) is 28.5 Å². The van der Waals surface area contributed by atoms with E-state index < -0.39 is 29.0 Å². The van der Waals surface area contributed by atoms with Crippen molar-refractivity contribution in [2.45, 2.75) is 50.0 Å². The highest BCUT2D eigenvalue weighted by Gasteiger charge is 2.22. The molecule has 1 aromatic heterocycles. The quantitative estimate of drug-likeness (QED) is 0.267. The van der Waals surface area contributed by atoms with Gasteiger partial charge in [-0.1, -0.05) is 24.3 Å². The molecule has 0 saturated heterocycles. The van der Waals surface area contributed by atoms with E-state index in [9.17, 15) is 22.8 Å². The predicted molar refractivity (Wildman–Crippen MR) is 156 cm³/mol. The minimum absolute atomic E-state index is 0.0353. The second-order valence-corrected chi connectivity index (χ2v) is 11.8. The van der Waals surface area contributed by atoms with Gasteiger partial charge in [-0.3, -0.25) is 14.9 Å². The third-order valence-corrected chi connectivity index (χ3v) is 8.73. The van der Waals surface area contributed by atoms with E-state index in [1.807, 2.05) is 4.72 Å². The van der Waals surface area contributed by atoms with Gasteiger partial charge in [-0.15, -0.1) is 0 Å². The van der Waals surface area contributed by atoms with Crippen LogP contribution in [0.3, 0.4) is 0 Å². The lowest BCUT2D eigenvalue weighted by Crippen LogP contribution is -2.31. The fourth-order valence-electron chi connectivity index (χ4n) is 5.13. The first-order valence-electron chi connectivity index (χ1n) is 14.7. The molecule has 1 fully saturated rings. The average Bonchev–Trinajstić information content (AvgIpc) is 3.60. The molecule has 2 N–H and O–H groups in total. The zero-order valence-electron chi connectivity index (χ0n) is 25.3. The molecule has 1 aliphatic carbocycles. The molecule has 0 spiro atoms. The molecular formula is C31H31N3O6S. The molecule has 0 unspecified atom stereocenters. The number of carbonyl (C=O) groups excluding carboxylic acids is 3. The summed E-state index contributed by atoms with van der Waals surface area (Å²) in [5, 5.41) is 3.26. The molecule has 5 rings (SSSR count). The van der Waals surface area contributed by atoms with Crippen molar-refractivity contribution in [3.8, 4) is 0 Å². The summed E-state index contributed by atoms with van der Waals surface area (Å²) >= 11 is 0. The van der Waals surface area contributed by atoms with Crippen LogP contribution in [0.25, 0.3) is 10.9 Å². The number of carbonyl (C=O) groups is 3. The van der Waals surface area contributed by atoms with Crippen LogP contribution in [0.15, 0.2) is 71.8 Å². The molecule has 0 aliphatic heterocycles. The van der Waals surface area contributed by atoms with Gasteiger partial charge in [-0.2, -0.15) is 0 Å². The highest BCUT2D eigenvalue weighted by atomic mass is 32.2. The van der Waals surface area contributed by atoms with Crippen molar-refractivity contribution in [2.24, 2.45) is 6.98 Å². The topological polar surface area (TPSA) is 124 Å². The van der Waals surface area contributed by atoms with Gasteiger partial charge in [0.1, 0.15) is 12.4 Å². The number of ether oxygens (including phenoxy) is 1. The van der Waals surface area contributed by atoms with Crippen molar-refractivity contribution < 1.29 is 31.7 Å². The van der Waals surface area contributed by atoms with Gasteiger partial charge in [0, 0.05) is 51.4 Å². The zero-order valence-corrected chi connectivity index (χ0v) is 23.2. The first-order valence-corrected chi connectivity index (χ1v) is 14.7. The molecule has 1 heterocycles. The number of aromatic nitrogens is 1. The molecule has 3 aromatic carbocycles. The van der Waals surface area contributed by atoms with Crippen molar-refractivity contribution in [3.63, 3.8) is 0 Å². The molecule has 1 aliphatic rings. The molecule has 10 heteroatoms. The molecule has 41 heavy (non-hydrogen) atoms. The minimum Gasteiger partial charge on any atom is -0.446 e. The van der Waals surface area contributed by atoms with Crippen LogP contribution in [0.1, 0.15) is 67.2 Å². The van der Waals surface area contributed by atoms with E-state index in [0.717, 1.165) is 30.3 Å². The Balaban J connectivity index is 1.42. The van der Waals surface area contributed by atoms with Gasteiger partial charge in [0.05, 0.1) is 4.90 Å². The predicted octanol–water partition coefficient (Wildman–Crippen LogP) is 5.50. The van der Waals surface area contributed by atoms with E-state index in [0.29, 0.717) is 39.6 Å². The lowest BCUT2D eigenvalue weighted by atomic mass is 9.97. The van der Waals surface area contributed by atoms with Crippen LogP contribution in [0.5, 0.6) is 0 Å². The number of fused-ring (bicyclic) bond motifs is 1. The summed E-state index contributed by atoms with van der Waals surface area (Å²) in [5.41, 5.74) is 2.44. The average molecular weight is 577 g/mol. The number of hydrogen-bond donors (Lipinski definition) is 2. The van der Waals surface area contributed by atoms with Gasteiger partial charge in [-0.25, -0.2) is 17.9 Å². The number of aryl methyl sites for hydroxylation is 2. The van der Waals surface area contributed by atoms with Gasteiger partial charge < -0.3 is 9.30 Å². The molecule has 0 bridgehead atoms. The maximum Gasteiger partial charge on any atom is 0.411 e. The highest BCUT2D eigenvalue weighted by Crippen LogP contribution is 2.28. The Hall–Kier alpha value is -4.44. The lowest BCUT2D eigenvalue weighted by molar-refractivity contribution is 0.0981. The molecule has 9 nitrogen and oxygen atoms in total. The molecular weight excluding hydrogens is 542 g/mol. The van der Waals surface area contributed by atoms with Crippen LogP contribution >= 0.6 is 0 Å². The second-order valence-electron chi connectivity index (χ2n) is 10.1. The van der Waals surface area contributed by atoms with Crippen LogP contribution in [-0.4, -0.2) is 37.4 Å². The van der Waals surface area contributed by atoms with Crippen molar-refractivity contribution >= 4 is 44.9 Å². The summed E-state index contributed by atoms with van der Waals surface area (Å²) in [6.45, 7) is -0.881. The third kappa shape index (κ3) is 6.17. The Labute approximate surface area is 242 Å². The standard InChI is InChI=1S/C31H31N3O6S/c1-20-7-3-6-10-29(20)41(38,39)33-30(36)22-12-11-21(24(16-22)19-35)15-23-18-34(2)28-14-13-25(17-27(23)28)32-31(37)40-26-8-4-5-9-26/h3,6-7,10-14,16-19,26H,4-5,8-9,15H2,1-2H3,(H,32,37)(H,33,36)/i2D3. The number of aldehydes is 1. The summed E-state index contributed by atoms with van der Waals surface area (Å²) in [4.78, 5) is 37.4. The van der Waals surface area contributed by atoms with E-state index in [1.165, 1.54) is 30.5 Å². The maximum absolute atomic E-state index is 12.9. The minimum atomic E-state index is -4.15. The van der Waals surface area contributed by atoms with Crippen molar-refractivity contribution in [1.29, 1.82) is 0 Å². The van der Waals surface area contributed by atoms with E-state index in [1.54, 1.807) is 43.3 Å². The van der Waals surface area contributed by atoms with Crippen LogP contribution in [0.4, 0.5) is 10.5 Å². The lowest BCUT2D eigenvalue weighted by Gasteiger charge is -2.12. The number of anilines is 1. The number of sulfonamides is 1. The Morgan fingerprint density at radius 1 is 1.07 bits per heavy atom. The van der Waals surface area contributed by atoms with Gasteiger partial charge in [-0.05, 0) is 85.7 Å². The summed E-state index contributed by atoms with van der Waals surface area (Å²) in [6, 6.07) is 15.3. The SMILES string of the molecule is [2H]C([2H])([2H])n1cc(Cc2ccc(C(=O)NS(=O)(=O)c3ccccc3C)cc2C=O)c2cc(NC(=O)OC3CCCC3)ccc21. The Kier molecular flexibility index (Phi) is 6.88. The summed E-state index contributed by atoms with van der Waals surface area (Å²) < 4.78 is 58.3. The Morgan fingerprint density at radius 2 is 1.85 bits per heavy atom. The summed E-state index contributed by atoms with van der Waals surface area (Å²) in [7, 11) is -4.15. The number of rotatable bonds is 8. The van der Waals surface area contributed by atoms with Crippen molar-refractivity contribution in [2.75, 3.05) is 5.32 Å². The monoisotopic (exact) mass is 576 g/mol. The van der Waals surface area contributed by atoms with Crippen LogP contribution in [-0.2, 0) is 28.2 Å². The number of nitrogens with one attached hydrogen (secondary N) is 2. The number of benzene rings is 3. The largest absolute Gasteiger partial charge is 0.446 e.